The maximum Gasteiger partial charge on any atom is 0.274 e. The van der Waals surface area contributed by atoms with E-state index in [4.69, 9.17) is 0 Å². The summed E-state index contributed by atoms with van der Waals surface area (Å²) in [5.74, 6) is -0.652. The predicted molar refractivity (Wildman–Crippen MR) is 105 cm³/mol. The largest absolute Gasteiger partial charge is 0.346 e. The molecule has 0 saturated carbocycles. The maximum absolute atomic E-state index is 12.5. The summed E-state index contributed by atoms with van der Waals surface area (Å²) >= 11 is 0. The molecule has 1 heterocycles. The van der Waals surface area contributed by atoms with E-state index in [1.807, 2.05) is 45.0 Å². The Kier molecular flexibility index (Phi) is 5.50. The van der Waals surface area contributed by atoms with E-state index in [1.54, 1.807) is 18.2 Å². The number of nitrogens with zero attached hydrogens (tertiary/aromatic N) is 1. The normalized spacial score (nSPS) is 11.8. The van der Waals surface area contributed by atoms with Gasteiger partial charge in [-0.05, 0) is 56.0 Å². The van der Waals surface area contributed by atoms with E-state index >= 15 is 0 Å². The molecule has 1 aromatic heterocycles. The van der Waals surface area contributed by atoms with E-state index < -0.39 is 0 Å². The third kappa shape index (κ3) is 5.41. The topological polar surface area (TPSA) is 71.1 Å². The van der Waals surface area contributed by atoms with Crippen LogP contribution in [-0.4, -0.2) is 22.3 Å². The molecule has 2 aromatic rings. The second-order valence-corrected chi connectivity index (χ2v) is 8.39. The summed E-state index contributed by atoms with van der Waals surface area (Å²) in [6, 6.07) is 12.6. The number of hydrogen-bond donors (Lipinski definition) is 2. The predicted octanol–water partition coefficient (Wildman–Crippen LogP) is 4.16. The van der Waals surface area contributed by atoms with Gasteiger partial charge in [-0.15, -0.1) is 0 Å². The maximum atomic E-state index is 12.5. The Morgan fingerprint density at radius 1 is 0.808 bits per heavy atom. The first-order valence-corrected chi connectivity index (χ1v) is 8.67. The lowest BCUT2D eigenvalue weighted by Crippen LogP contribution is -2.41. The van der Waals surface area contributed by atoms with Gasteiger partial charge in [0.15, 0.2) is 0 Å². The first-order chi connectivity index (χ1) is 12.0. The Hall–Kier alpha value is -2.69. The zero-order valence-electron chi connectivity index (χ0n) is 16.3. The number of hydrogen-bond acceptors (Lipinski definition) is 3. The smallest absolute Gasteiger partial charge is 0.274 e. The molecule has 26 heavy (non-hydrogen) atoms. The molecular weight excluding hydrogens is 326 g/mol. The molecule has 1 aromatic carbocycles. The van der Waals surface area contributed by atoms with Crippen LogP contribution in [0.2, 0.25) is 0 Å². The lowest BCUT2D eigenvalue weighted by Gasteiger charge is -2.20. The van der Waals surface area contributed by atoms with Gasteiger partial charge in [-0.2, -0.15) is 0 Å². The first-order valence-electron chi connectivity index (χ1n) is 8.67. The summed E-state index contributed by atoms with van der Waals surface area (Å²) in [6.45, 7) is 12.1. The molecular formula is C21H27N3O2. The number of pyridine rings is 1. The highest BCUT2D eigenvalue weighted by Gasteiger charge is 2.18. The fourth-order valence-electron chi connectivity index (χ4n) is 2.34. The fourth-order valence-corrected chi connectivity index (χ4v) is 2.34. The van der Waals surface area contributed by atoms with Crippen LogP contribution in [0, 0.1) is 0 Å². The van der Waals surface area contributed by atoms with E-state index in [0.29, 0.717) is 5.69 Å². The van der Waals surface area contributed by atoms with Crippen LogP contribution in [0.4, 0.5) is 5.69 Å². The first kappa shape index (κ1) is 19.6. The van der Waals surface area contributed by atoms with Crippen LogP contribution in [0.25, 0.3) is 0 Å². The summed E-state index contributed by atoms with van der Waals surface area (Å²) in [5.41, 5.74) is 1.98. The monoisotopic (exact) mass is 353 g/mol. The van der Waals surface area contributed by atoms with Crippen molar-refractivity contribution in [3.05, 3.63) is 59.4 Å². The molecule has 0 saturated heterocycles. The van der Waals surface area contributed by atoms with Gasteiger partial charge in [0.05, 0.1) is 0 Å². The zero-order valence-corrected chi connectivity index (χ0v) is 16.3. The van der Waals surface area contributed by atoms with Gasteiger partial charge in [-0.3, -0.25) is 9.59 Å². The summed E-state index contributed by atoms with van der Waals surface area (Å²) in [4.78, 5) is 28.9. The number of carbonyl (C=O) groups excluding carboxylic acids is 2. The zero-order chi connectivity index (χ0) is 19.5. The highest BCUT2D eigenvalue weighted by atomic mass is 16.2. The summed E-state index contributed by atoms with van der Waals surface area (Å²) in [7, 11) is 0. The molecule has 5 nitrogen and oxygen atoms in total. The summed E-state index contributed by atoms with van der Waals surface area (Å²) in [5, 5.41) is 5.66. The molecule has 0 aliphatic rings. The van der Waals surface area contributed by atoms with Crippen molar-refractivity contribution in [2.75, 3.05) is 5.32 Å². The van der Waals surface area contributed by atoms with Gasteiger partial charge in [0.25, 0.3) is 11.8 Å². The molecule has 0 aliphatic heterocycles. The lowest BCUT2D eigenvalue weighted by molar-refractivity contribution is 0.0914. The average molecular weight is 353 g/mol. The molecule has 0 spiro atoms. The molecule has 0 fully saturated rings. The van der Waals surface area contributed by atoms with Gasteiger partial charge in [-0.25, -0.2) is 4.98 Å². The van der Waals surface area contributed by atoms with Gasteiger partial charge in [0.1, 0.15) is 11.4 Å². The number of benzene rings is 1. The molecule has 2 rings (SSSR count). The van der Waals surface area contributed by atoms with Crippen molar-refractivity contribution in [1.29, 1.82) is 0 Å². The third-order valence-electron chi connectivity index (χ3n) is 3.71. The Labute approximate surface area is 155 Å². The van der Waals surface area contributed by atoms with E-state index in [1.165, 1.54) is 5.56 Å². The second-order valence-electron chi connectivity index (χ2n) is 8.39. The molecule has 2 amide bonds. The van der Waals surface area contributed by atoms with Crippen LogP contribution in [-0.2, 0) is 5.41 Å². The van der Waals surface area contributed by atoms with Gasteiger partial charge >= 0.3 is 0 Å². The van der Waals surface area contributed by atoms with Crippen molar-refractivity contribution in [2.24, 2.45) is 0 Å². The Morgan fingerprint density at radius 3 is 1.85 bits per heavy atom. The lowest BCUT2D eigenvalue weighted by atomic mass is 9.87. The van der Waals surface area contributed by atoms with Crippen LogP contribution < -0.4 is 10.6 Å². The van der Waals surface area contributed by atoms with Gasteiger partial charge in [0.2, 0.25) is 0 Å². The molecule has 0 radical (unpaired) electrons. The van der Waals surface area contributed by atoms with Crippen molar-refractivity contribution in [3.8, 4) is 0 Å². The second kappa shape index (κ2) is 7.28. The minimum Gasteiger partial charge on any atom is -0.346 e. The highest BCUT2D eigenvalue weighted by Crippen LogP contribution is 2.23. The van der Waals surface area contributed by atoms with Crippen LogP contribution in [0.3, 0.4) is 0 Å². The van der Waals surface area contributed by atoms with E-state index in [-0.39, 0.29) is 34.2 Å². The minimum atomic E-state index is -0.369. The number of carbonyl (C=O) groups is 2. The average Bonchev–Trinajstić information content (AvgIpc) is 2.53. The standard InChI is InChI=1S/C21H27N3O2/c1-20(2,3)14-10-12-15(13-11-14)22-18(25)16-8-7-9-17(23-16)19(26)24-21(4,5)6/h7-13H,1-6H3,(H,22,25)(H,24,26). The van der Waals surface area contributed by atoms with Crippen LogP contribution in [0.1, 0.15) is 68.1 Å². The molecule has 2 N–H and O–H groups in total. The highest BCUT2D eigenvalue weighted by molar-refractivity contribution is 6.03. The van der Waals surface area contributed by atoms with Crippen LogP contribution in [0.5, 0.6) is 0 Å². The number of amides is 2. The van der Waals surface area contributed by atoms with Crippen LogP contribution in [0.15, 0.2) is 42.5 Å². The van der Waals surface area contributed by atoms with Gasteiger partial charge in [0, 0.05) is 11.2 Å². The van der Waals surface area contributed by atoms with Crippen molar-refractivity contribution in [1.82, 2.24) is 10.3 Å². The molecule has 5 heteroatoms. The number of rotatable bonds is 3. The Bertz CT molecular complexity index is 797. The summed E-state index contributed by atoms with van der Waals surface area (Å²) < 4.78 is 0. The number of aromatic nitrogens is 1. The molecule has 0 bridgehead atoms. The Morgan fingerprint density at radius 2 is 1.35 bits per heavy atom. The van der Waals surface area contributed by atoms with Crippen LogP contribution >= 0.6 is 0 Å². The molecule has 0 atom stereocenters. The van der Waals surface area contributed by atoms with Gasteiger partial charge in [-0.1, -0.05) is 39.0 Å². The van der Waals surface area contributed by atoms with Crippen molar-refractivity contribution < 1.29 is 9.59 Å². The van der Waals surface area contributed by atoms with E-state index in [2.05, 4.69) is 36.4 Å². The van der Waals surface area contributed by atoms with Gasteiger partial charge < -0.3 is 10.6 Å². The third-order valence-corrected chi connectivity index (χ3v) is 3.71. The minimum absolute atomic E-state index is 0.0544. The number of anilines is 1. The van der Waals surface area contributed by atoms with Crippen molar-refractivity contribution in [2.45, 2.75) is 52.5 Å². The molecule has 138 valence electrons. The Balaban J connectivity index is 2.13. The molecule has 0 aliphatic carbocycles. The van der Waals surface area contributed by atoms with E-state index in [9.17, 15) is 9.59 Å². The fraction of sp³-hybridized carbons (Fsp3) is 0.381. The number of nitrogens with one attached hydrogen (secondary N) is 2. The quantitative estimate of drug-likeness (QED) is 0.870. The van der Waals surface area contributed by atoms with Crippen molar-refractivity contribution in [3.63, 3.8) is 0 Å². The SMILES string of the molecule is CC(C)(C)NC(=O)c1cccc(C(=O)Nc2ccc(C(C)(C)C)cc2)n1. The van der Waals surface area contributed by atoms with Crippen molar-refractivity contribution >= 4 is 17.5 Å². The summed E-state index contributed by atoms with van der Waals surface area (Å²) in [6.07, 6.45) is 0. The molecule has 0 unspecified atom stereocenters. The van der Waals surface area contributed by atoms with E-state index in [0.717, 1.165) is 0 Å².